The molecule has 3 aromatic rings. The van der Waals surface area contributed by atoms with Crippen molar-refractivity contribution in [1.29, 1.82) is 0 Å². The summed E-state index contributed by atoms with van der Waals surface area (Å²) < 4.78 is 34.6. The predicted octanol–water partition coefficient (Wildman–Crippen LogP) is 3.40. The van der Waals surface area contributed by atoms with Crippen molar-refractivity contribution >= 4 is 29.6 Å². The molecule has 0 amide bonds. The van der Waals surface area contributed by atoms with Gasteiger partial charge in [0.1, 0.15) is 5.75 Å². The molecule has 0 radical (unpaired) electrons. The molecular weight excluding hydrogens is 417 g/mol. The van der Waals surface area contributed by atoms with E-state index < -0.39 is 13.3 Å². The summed E-state index contributed by atoms with van der Waals surface area (Å²) in [6, 6.07) is 20.2. The molecule has 0 aliphatic carbocycles. The third-order valence-corrected chi connectivity index (χ3v) is 7.15. The number of phenols is 1. The second-order valence-corrected chi connectivity index (χ2v) is 9.02. The topological polar surface area (TPSA) is 94.4 Å². The van der Waals surface area contributed by atoms with Crippen LogP contribution in [0.15, 0.2) is 77.6 Å². The molecular formula is C23H20NO6P. The number of hydrogen-bond donors (Lipinski definition) is 1. The first-order chi connectivity index (χ1) is 15.0. The number of benzene rings is 3. The first-order valence-corrected chi connectivity index (χ1v) is 11.3. The maximum Gasteiger partial charge on any atom is 0.357 e. The van der Waals surface area contributed by atoms with E-state index in [1.807, 2.05) is 0 Å². The van der Waals surface area contributed by atoms with Gasteiger partial charge in [-0.05, 0) is 37.3 Å². The lowest BCUT2D eigenvalue weighted by Gasteiger charge is -2.17. The Morgan fingerprint density at radius 1 is 1.00 bits per heavy atom. The van der Waals surface area contributed by atoms with Crippen molar-refractivity contribution in [3.8, 4) is 17.2 Å². The monoisotopic (exact) mass is 437 g/mol. The Labute approximate surface area is 179 Å². The molecule has 0 saturated carbocycles. The quantitative estimate of drug-likeness (QED) is 0.361. The Bertz CT molecular complexity index is 1130. The van der Waals surface area contributed by atoms with Gasteiger partial charge in [-0.25, -0.2) is 9.56 Å². The van der Waals surface area contributed by atoms with Crippen molar-refractivity contribution < 1.29 is 28.7 Å². The molecule has 1 N–H and O–H groups in total. The lowest BCUT2D eigenvalue weighted by molar-refractivity contribution is -0.134. The molecule has 0 atom stereocenters. The largest absolute Gasteiger partial charge is 0.507 e. The molecule has 31 heavy (non-hydrogen) atoms. The van der Waals surface area contributed by atoms with Gasteiger partial charge in [0.05, 0.1) is 12.2 Å². The number of hydrogen-bond acceptors (Lipinski definition) is 6. The molecule has 0 unspecified atom stereocenters. The van der Waals surface area contributed by atoms with Crippen molar-refractivity contribution in [3.63, 3.8) is 0 Å². The van der Waals surface area contributed by atoms with Crippen LogP contribution >= 0.6 is 7.29 Å². The number of carbonyl (C=O) groups is 1. The lowest BCUT2D eigenvalue weighted by atomic mass is 10.1. The van der Waals surface area contributed by atoms with Crippen molar-refractivity contribution in [2.75, 3.05) is 13.4 Å². The number of phenolic OH excluding ortho intramolecular Hbond substituents is 1. The smallest absolute Gasteiger partial charge is 0.357 e. The average Bonchev–Trinajstić information content (AvgIpc) is 3.25. The number of ether oxygens (including phenoxy) is 3. The highest BCUT2D eigenvalue weighted by Gasteiger charge is 2.32. The fraction of sp³-hybridized carbons (Fsp3) is 0.130. The van der Waals surface area contributed by atoms with E-state index in [4.69, 9.17) is 14.2 Å². The Balaban J connectivity index is 1.96. The van der Waals surface area contributed by atoms with E-state index in [-0.39, 0.29) is 30.4 Å². The highest BCUT2D eigenvalue weighted by molar-refractivity contribution is 7.77. The van der Waals surface area contributed by atoms with E-state index in [0.29, 0.717) is 22.1 Å². The first kappa shape index (κ1) is 20.7. The number of carbonyl (C=O) groups excluding carboxylic acids is 1. The molecule has 0 bridgehead atoms. The molecule has 0 spiro atoms. The average molecular weight is 437 g/mol. The number of fused-ring (bicyclic) bond motifs is 1. The highest BCUT2D eigenvalue weighted by atomic mass is 31.2. The molecule has 7 nitrogen and oxygen atoms in total. The Hall–Kier alpha value is -3.57. The van der Waals surface area contributed by atoms with Gasteiger partial charge in [0.15, 0.2) is 17.2 Å². The van der Waals surface area contributed by atoms with Gasteiger partial charge in [0.2, 0.25) is 14.1 Å². The minimum atomic E-state index is -3.66. The van der Waals surface area contributed by atoms with Gasteiger partial charge in [0, 0.05) is 16.7 Å². The summed E-state index contributed by atoms with van der Waals surface area (Å²) in [5.41, 5.74) is -0.205. The van der Waals surface area contributed by atoms with E-state index in [1.54, 1.807) is 67.6 Å². The summed E-state index contributed by atoms with van der Waals surface area (Å²) in [5, 5.41) is 11.5. The molecule has 3 aromatic carbocycles. The van der Waals surface area contributed by atoms with E-state index >= 15 is 0 Å². The van der Waals surface area contributed by atoms with Crippen LogP contribution in [0, 0.1) is 0 Å². The summed E-state index contributed by atoms with van der Waals surface area (Å²) in [6.07, 6.45) is 0. The normalized spacial score (nSPS) is 13.1. The number of rotatable bonds is 6. The van der Waals surface area contributed by atoms with Crippen LogP contribution in [0.4, 0.5) is 0 Å². The molecule has 1 aliphatic heterocycles. The van der Waals surface area contributed by atoms with E-state index in [0.717, 1.165) is 0 Å². The minimum absolute atomic E-state index is 0.00334. The van der Waals surface area contributed by atoms with Crippen LogP contribution in [0.1, 0.15) is 12.5 Å². The van der Waals surface area contributed by atoms with Crippen molar-refractivity contribution in [1.82, 2.24) is 0 Å². The lowest BCUT2D eigenvalue weighted by Crippen LogP contribution is -2.22. The van der Waals surface area contributed by atoms with Crippen LogP contribution in [0.2, 0.25) is 0 Å². The summed E-state index contributed by atoms with van der Waals surface area (Å²) in [5.74, 6) is -0.370. The van der Waals surface area contributed by atoms with Crippen LogP contribution in [-0.4, -0.2) is 30.2 Å². The fourth-order valence-corrected chi connectivity index (χ4v) is 5.34. The van der Waals surface area contributed by atoms with Crippen molar-refractivity contribution in [2.45, 2.75) is 6.92 Å². The zero-order valence-electron chi connectivity index (χ0n) is 16.7. The molecule has 8 heteroatoms. The Kier molecular flexibility index (Phi) is 5.78. The Morgan fingerprint density at radius 2 is 1.55 bits per heavy atom. The zero-order valence-corrected chi connectivity index (χ0v) is 17.6. The summed E-state index contributed by atoms with van der Waals surface area (Å²) in [4.78, 5) is 12.9. The van der Waals surface area contributed by atoms with Crippen molar-refractivity contribution in [3.05, 3.63) is 78.4 Å². The molecule has 1 heterocycles. The maximum atomic E-state index is 14.3. The summed E-state index contributed by atoms with van der Waals surface area (Å²) in [6.45, 7) is 1.74. The fourth-order valence-electron chi connectivity index (χ4n) is 3.19. The van der Waals surface area contributed by atoms with Gasteiger partial charge in [-0.2, -0.15) is 0 Å². The third kappa shape index (κ3) is 4.05. The zero-order chi connectivity index (χ0) is 21.8. The van der Waals surface area contributed by atoms with Crippen LogP contribution in [0.3, 0.4) is 0 Å². The Morgan fingerprint density at radius 3 is 2.10 bits per heavy atom. The molecule has 158 valence electrons. The van der Waals surface area contributed by atoms with Gasteiger partial charge < -0.3 is 19.3 Å². The van der Waals surface area contributed by atoms with Crippen molar-refractivity contribution in [2.24, 2.45) is 4.76 Å². The van der Waals surface area contributed by atoms with Gasteiger partial charge in [-0.1, -0.05) is 36.4 Å². The van der Waals surface area contributed by atoms with Gasteiger partial charge in [-0.15, -0.1) is 0 Å². The van der Waals surface area contributed by atoms with Crippen LogP contribution < -0.4 is 20.1 Å². The molecule has 0 aromatic heterocycles. The summed E-state index contributed by atoms with van der Waals surface area (Å²) >= 11 is 0. The number of aromatic hydroxyl groups is 1. The molecule has 0 fully saturated rings. The van der Waals surface area contributed by atoms with E-state index in [2.05, 4.69) is 4.76 Å². The first-order valence-electron chi connectivity index (χ1n) is 9.64. The number of nitrogens with zero attached hydrogens (tertiary/aromatic N) is 1. The second-order valence-electron chi connectivity index (χ2n) is 6.64. The predicted molar refractivity (Wildman–Crippen MR) is 117 cm³/mol. The second kappa shape index (κ2) is 8.66. The molecule has 4 rings (SSSR count). The standard InChI is InChI=1S/C23H20NO6P/c1-2-28-23(26)22(18-13-20-21(14-19(18)25)30-15-29-20)24-31(27,16-9-5-3-6-10-16)17-11-7-4-8-12-17/h3-14,25H,2,15H2,1H3/b24-22-. The van der Waals surface area contributed by atoms with Crippen LogP contribution in [0.25, 0.3) is 0 Å². The van der Waals surface area contributed by atoms with Crippen LogP contribution in [-0.2, 0) is 14.1 Å². The SMILES string of the molecule is CCOC(=O)/C(=N\P(=O)(c1ccccc1)c1ccccc1)c1cc2c(cc1O)OCO2. The van der Waals surface area contributed by atoms with Crippen LogP contribution in [0.5, 0.6) is 17.2 Å². The minimum Gasteiger partial charge on any atom is -0.507 e. The maximum absolute atomic E-state index is 14.3. The molecule has 0 saturated heterocycles. The number of esters is 1. The summed E-state index contributed by atoms with van der Waals surface area (Å²) in [7, 11) is -3.66. The van der Waals surface area contributed by atoms with Gasteiger partial charge in [0.25, 0.3) is 0 Å². The van der Waals surface area contributed by atoms with Gasteiger partial charge >= 0.3 is 5.97 Å². The third-order valence-electron chi connectivity index (χ3n) is 4.67. The molecule has 1 aliphatic rings. The highest BCUT2D eigenvalue weighted by Crippen LogP contribution is 2.47. The van der Waals surface area contributed by atoms with Gasteiger partial charge in [-0.3, -0.25) is 4.57 Å². The van der Waals surface area contributed by atoms with E-state index in [1.165, 1.54) is 12.1 Å². The van der Waals surface area contributed by atoms with E-state index in [9.17, 15) is 14.5 Å².